The van der Waals surface area contributed by atoms with Gasteiger partial charge in [0.2, 0.25) is 10.0 Å². The summed E-state index contributed by atoms with van der Waals surface area (Å²) in [6.45, 7) is 5.60. The molecule has 0 amide bonds. The van der Waals surface area contributed by atoms with Gasteiger partial charge in [-0.1, -0.05) is 80.6 Å². The van der Waals surface area contributed by atoms with Gasteiger partial charge in [-0.05, 0) is 47.2 Å². The van der Waals surface area contributed by atoms with Crippen LogP contribution in [0.4, 0.5) is 0 Å². The maximum Gasteiger partial charge on any atom is 0.240 e. The highest BCUT2D eigenvalue weighted by Gasteiger charge is 2.26. The summed E-state index contributed by atoms with van der Waals surface area (Å²) in [5.74, 6) is 0.333. The second kappa shape index (κ2) is 8.49. The van der Waals surface area contributed by atoms with Crippen LogP contribution in [0.2, 0.25) is 0 Å². The van der Waals surface area contributed by atoms with E-state index in [4.69, 9.17) is 0 Å². The first kappa shape index (κ1) is 21.2. The molecule has 5 heteroatoms. The average Bonchev–Trinajstić information content (AvgIpc) is 2.73. The first-order valence-electron chi connectivity index (χ1n) is 9.67. The Morgan fingerprint density at radius 1 is 0.862 bits per heavy atom. The summed E-state index contributed by atoms with van der Waals surface area (Å²) in [6, 6.07) is 24.3. The van der Waals surface area contributed by atoms with Crippen LogP contribution in [0.25, 0.3) is 11.1 Å². The lowest BCUT2D eigenvalue weighted by atomic mass is 9.94. The fourth-order valence-corrected chi connectivity index (χ4v) is 4.24. The quantitative estimate of drug-likeness (QED) is 0.596. The zero-order valence-electron chi connectivity index (χ0n) is 17.0. The molecule has 4 nitrogen and oxygen atoms in total. The SMILES string of the molecule is CC(C)c1ccc(S(=O)(=O)NCC(C)(O)c2ccc(-c3ccccc3)cc2)cc1. The average molecular weight is 410 g/mol. The molecule has 0 aliphatic carbocycles. The normalized spacial score (nSPS) is 14.0. The van der Waals surface area contributed by atoms with Gasteiger partial charge in [0.05, 0.1) is 4.90 Å². The first-order chi connectivity index (χ1) is 13.7. The molecule has 0 aliphatic rings. The minimum Gasteiger partial charge on any atom is -0.384 e. The van der Waals surface area contributed by atoms with E-state index in [0.29, 0.717) is 11.5 Å². The Hall–Kier alpha value is -2.47. The van der Waals surface area contributed by atoms with Crippen LogP contribution in [0.1, 0.15) is 37.8 Å². The molecule has 0 radical (unpaired) electrons. The van der Waals surface area contributed by atoms with Crippen LogP contribution in [0.15, 0.2) is 83.8 Å². The number of hydrogen-bond donors (Lipinski definition) is 2. The molecule has 0 saturated heterocycles. The van der Waals surface area contributed by atoms with E-state index in [2.05, 4.69) is 18.6 Å². The molecular formula is C24H27NO3S. The van der Waals surface area contributed by atoms with E-state index in [1.807, 2.05) is 66.7 Å². The zero-order chi connectivity index (χ0) is 21.1. The molecular weight excluding hydrogens is 382 g/mol. The van der Waals surface area contributed by atoms with Crippen LogP contribution in [-0.4, -0.2) is 20.1 Å². The molecule has 0 saturated carbocycles. The number of sulfonamides is 1. The summed E-state index contributed by atoms with van der Waals surface area (Å²) in [7, 11) is -3.71. The number of hydrogen-bond acceptors (Lipinski definition) is 3. The monoisotopic (exact) mass is 409 g/mol. The van der Waals surface area contributed by atoms with Crippen LogP contribution >= 0.6 is 0 Å². The largest absolute Gasteiger partial charge is 0.384 e. The Bertz CT molecular complexity index is 1040. The molecule has 0 spiro atoms. The highest BCUT2D eigenvalue weighted by atomic mass is 32.2. The summed E-state index contributed by atoms with van der Waals surface area (Å²) in [5, 5.41) is 10.8. The van der Waals surface area contributed by atoms with Gasteiger partial charge in [-0.15, -0.1) is 0 Å². The predicted molar refractivity (Wildman–Crippen MR) is 117 cm³/mol. The third kappa shape index (κ3) is 5.12. The van der Waals surface area contributed by atoms with Gasteiger partial charge in [0.15, 0.2) is 0 Å². The van der Waals surface area contributed by atoms with Gasteiger partial charge in [0.1, 0.15) is 5.60 Å². The fourth-order valence-electron chi connectivity index (χ4n) is 3.11. The highest BCUT2D eigenvalue weighted by Crippen LogP contribution is 2.25. The smallest absolute Gasteiger partial charge is 0.240 e. The molecule has 2 N–H and O–H groups in total. The maximum absolute atomic E-state index is 12.6. The van der Waals surface area contributed by atoms with E-state index in [1.54, 1.807) is 19.1 Å². The van der Waals surface area contributed by atoms with Crippen molar-refractivity contribution in [1.29, 1.82) is 0 Å². The van der Waals surface area contributed by atoms with E-state index >= 15 is 0 Å². The third-order valence-electron chi connectivity index (χ3n) is 5.08. The summed E-state index contributed by atoms with van der Waals surface area (Å²) >= 11 is 0. The number of aliphatic hydroxyl groups is 1. The van der Waals surface area contributed by atoms with Crippen molar-refractivity contribution in [3.8, 4) is 11.1 Å². The number of nitrogens with one attached hydrogen (secondary N) is 1. The van der Waals surface area contributed by atoms with Crippen LogP contribution in [0, 0.1) is 0 Å². The summed E-state index contributed by atoms with van der Waals surface area (Å²) in [6.07, 6.45) is 0. The Kier molecular flexibility index (Phi) is 6.22. The Morgan fingerprint density at radius 2 is 1.41 bits per heavy atom. The van der Waals surface area contributed by atoms with Gasteiger partial charge in [-0.2, -0.15) is 0 Å². The van der Waals surface area contributed by atoms with Gasteiger partial charge >= 0.3 is 0 Å². The molecule has 0 fully saturated rings. The standard InChI is InChI=1S/C24H27NO3S/c1-18(2)19-11-15-23(16-12-19)29(27,28)25-17-24(3,26)22-13-9-21(10-14-22)20-7-5-4-6-8-20/h4-16,18,25-26H,17H2,1-3H3. The van der Waals surface area contributed by atoms with Crippen molar-refractivity contribution in [3.05, 3.63) is 90.0 Å². The van der Waals surface area contributed by atoms with Crippen molar-refractivity contribution in [2.24, 2.45) is 0 Å². The fraction of sp³-hybridized carbons (Fsp3) is 0.250. The number of rotatable bonds is 7. The lowest BCUT2D eigenvalue weighted by Crippen LogP contribution is -2.38. The Balaban J connectivity index is 1.71. The van der Waals surface area contributed by atoms with Crippen LogP contribution in [0.3, 0.4) is 0 Å². The summed E-state index contributed by atoms with van der Waals surface area (Å²) in [4.78, 5) is 0.192. The van der Waals surface area contributed by atoms with Gasteiger partial charge in [0.25, 0.3) is 0 Å². The van der Waals surface area contributed by atoms with Crippen molar-refractivity contribution in [2.75, 3.05) is 6.54 Å². The van der Waals surface area contributed by atoms with E-state index in [1.165, 1.54) is 0 Å². The molecule has 0 heterocycles. The predicted octanol–water partition coefficient (Wildman–Crippen LogP) is 4.66. The molecule has 152 valence electrons. The molecule has 1 atom stereocenters. The molecule has 3 aromatic rings. The second-order valence-corrected chi connectivity index (χ2v) is 9.53. The minimum absolute atomic E-state index is 0.119. The van der Waals surface area contributed by atoms with Crippen molar-refractivity contribution >= 4 is 10.0 Å². The van der Waals surface area contributed by atoms with Gasteiger partial charge in [-0.3, -0.25) is 0 Å². The highest BCUT2D eigenvalue weighted by molar-refractivity contribution is 7.89. The summed E-state index contributed by atoms with van der Waals surface area (Å²) in [5.41, 5.74) is 2.52. The Morgan fingerprint density at radius 3 is 1.97 bits per heavy atom. The molecule has 3 rings (SSSR count). The Labute approximate surface area is 173 Å². The first-order valence-corrected chi connectivity index (χ1v) is 11.2. The van der Waals surface area contributed by atoms with E-state index in [9.17, 15) is 13.5 Å². The third-order valence-corrected chi connectivity index (χ3v) is 6.49. The minimum atomic E-state index is -3.71. The molecule has 29 heavy (non-hydrogen) atoms. The van der Waals surface area contributed by atoms with Crippen LogP contribution < -0.4 is 4.72 Å². The molecule has 3 aromatic carbocycles. The molecule has 1 unspecified atom stereocenters. The van der Waals surface area contributed by atoms with Crippen LogP contribution in [0.5, 0.6) is 0 Å². The van der Waals surface area contributed by atoms with E-state index in [0.717, 1.165) is 16.7 Å². The lowest BCUT2D eigenvalue weighted by molar-refractivity contribution is 0.0627. The van der Waals surface area contributed by atoms with Gasteiger partial charge < -0.3 is 5.11 Å². The topological polar surface area (TPSA) is 66.4 Å². The lowest BCUT2D eigenvalue weighted by Gasteiger charge is -2.24. The molecule has 0 bridgehead atoms. The number of benzene rings is 3. The van der Waals surface area contributed by atoms with E-state index in [-0.39, 0.29) is 11.4 Å². The van der Waals surface area contributed by atoms with Crippen molar-refractivity contribution in [1.82, 2.24) is 4.72 Å². The van der Waals surface area contributed by atoms with Crippen LogP contribution in [-0.2, 0) is 15.6 Å². The van der Waals surface area contributed by atoms with Gasteiger partial charge in [0, 0.05) is 6.54 Å². The van der Waals surface area contributed by atoms with Crippen molar-refractivity contribution in [3.63, 3.8) is 0 Å². The molecule has 0 aliphatic heterocycles. The maximum atomic E-state index is 12.6. The summed E-state index contributed by atoms with van der Waals surface area (Å²) < 4.78 is 27.7. The second-order valence-electron chi connectivity index (χ2n) is 7.77. The van der Waals surface area contributed by atoms with Crippen molar-refractivity contribution in [2.45, 2.75) is 37.2 Å². The molecule has 0 aromatic heterocycles. The van der Waals surface area contributed by atoms with E-state index < -0.39 is 15.6 Å². The van der Waals surface area contributed by atoms with Crippen molar-refractivity contribution < 1.29 is 13.5 Å². The van der Waals surface area contributed by atoms with Gasteiger partial charge in [-0.25, -0.2) is 13.1 Å². The zero-order valence-corrected chi connectivity index (χ0v) is 17.8.